The van der Waals surface area contributed by atoms with E-state index in [1.165, 1.54) is 6.07 Å². The number of anilines is 1. The number of hydrogen-bond acceptors (Lipinski definition) is 4. The first-order valence-electron chi connectivity index (χ1n) is 5.73. The van der Waals surface area contributed by atoms with Crippen LogP contribution in [0.2, 0.25) is 5.02 Å². The number of benzene rings is 1. The average molecular weight is 288 g/mol. The highest BCUT2D eigenvalue weighted by Crippen LogP contribution is 2.23. The topological polar surface area (TPSA) is 86.0 Å². The Kier molecular flexibility index (Phi) is 4.18. The van der Waals surface area contributed by atoms with E-state index in [0.717, 1.165) is 0 Å². The second-order valence-corrected chi connectivity index (χ2v) is 4.39. The van der Waals surface area contributed by atoms with Gasteiger partial charge in [0, 0.05) is 0 Å². The molecule has 5 nitrogen and oxygen atoms in total. The summed E-state index contributed by atoms with van der Waals surface area (Å²) in [4.78, 5) is 14.8. The summed E-state index contributed by atoms with van der Waals surface area (Å²) in [6.07, 6.45) is 0. The van der Waals surface area contributed by atoms with Crippen molar-refractivity contribution in [3.63, 3.8) is 0 Å². The number of aromatic nitrogens is 1. The maximum absolute atomic E-state index is 10.8. The van der Waals surface area contributed by atoms with E-state index in [9.17, 15) is 4.79 Å². The van der Waals surface area contributed by atoms with Crippen LogP contribution in [0.5, 0.6) is 0 Å². The molecule has 1 heterocycles. The van der Waals surface area contributed by atoms with Gasteiger partial charge in [-0.25, -0.2) is 9.78 Å². The fourth-order valence-corrected chi connectivity index (χ4v) is 1.80. The van der Waals surface area contributed by atoms with Crippen molar-refractivity contribution in [2.45, 2.75) is 6.54 Å². The van der Waals surface area contributed by atoms with Gasteiger partial charge in [-0.05, 0) is 30.3 Å². The van der Waals surface area contributed by atoms with Gasteiger partial charge in [-0.1, -0.05) is 17.7 Å². The van der Waals surface area contributed by atoms with Gasteiger partial charge >= 0.3 is 5.97 Å². The van der Waals surface area contributed by atoms with Gasteiger partial charge in [0.05, 0.1) is 34.6 Å². The smallest absolute Gasteiger partial charge is 0.354 e. The monoisotopic (exact) mass is 287 g/mol. The van der Waals surface area contributed by atoms with Gasteiger partial charge in [-0.3, -0.25) is 0 Å². The molecular formula is C14H10ClN3O2. The lowest BCUT2D eigenvalue weighted by atomic mass is 10.2. The molecule has 2 rings (SSSR count). The Hall–Kier alpha value is -2.58. The molecule has 0 bridgehead atoms. The minimum Gasteiger partial charge on any atom is -0.477 e. The molecule has 0 aliphatic heterocycles. The number of rotatable bonds is 4. The van der Waals surface area contributed by atoms with Crippen LogP contribution in [-0.4, -0.2) is 16.1 Å². The summed E-state index contributed by atoms with van der Waals surface area (Å²) in [6.45, 7) is 0.315. The minimum absolute atomic E-state index is 0.0128. The van der Waals surface area contributed by atoms with Crippen molar-refractivity contribution in [3.8, 4) is 6.07 Å². The molecular weight excluding hydrogens is 278 g/mol. The highest BCUT2D eigenvalue weighted by molar-refractivity contribution is 6.33. The number of carboxylic acid groups (broad SMARTS) is 1. The van der Waals surface area contributed by atoms with E-state index < -0.39 is 5.97 Å². The fraction of sp³-hybridized carbons (Fsp3) is 0.0714. The van der Waals surface area contributed by atoms with Crippen molar-refractivity contribution in [3.05, 3.63) is 58.4 Å². The molecule has 1 aromatic heterocycles. The van der Waals surface area contributed by atoms with Gasteiger partial charge in [-0.15, -0.1) is 0 Å². The molecule has 6 heteroatoms. The zero-order chi connectivity index (χ0) is 14.5. The van der Waals surface area contributed by atoms with Gasteiger partial charge < -0.3 is 10.4 Å². The molecule has 0 spiro atoms. The van der Waals surface area contributed by atoms with Gasteiger partial charge in [-0.2, -0.15) is 5.26 Å². The quantitative estimate of drug-likeness (QED) is 0.903. The molecule has 0 saturated heterocycles. The molecule has 20 heavy (non-hydrogen) atoms. The molecule has 0 unspecified atom stereocenters. The molecule has 2 aromatic rings. The molecule has 0 saturated carbocycles. The fourth-order valence-electron chi connectivity index (χ4n) is 1.61. The number of nitrogens with one attached hydrogen (secondary N) is 1. The Morgan fingerprint density at radius 3 is 2.90 bits per heavy atom. The van der Waals surface area contributed by atoms with Gasteiger partial charge in [0.25, 0.3) is 0 Å². The van der Waals surface area contributed by atoms with Crippen LogP contribution in [0.1, 0.15) is 21.7 Å². The van der Waals surface area contributed by atoms with Crippen LogP contribution < -0.4 is 5.32 Å². The summed E-state index contributed by atoms with van der Waals surface area (Å²) < 4.78 is 0. The Balaban J connectivity index is 2.15. The first-order valence-corrected chi connectivity index (χ1v) is 6.10. The van der Waals surface area contributed by atoms with E-state index >= 15 is 0 Å². The predicted octanol–water partition coefficient (Wildman–Crippen LogP) is 2.92. The number of hydrogen-bond donors (Lipinski definition) is 2. The summed E-state index contributed by atoms with van der Waals surface area (Å²) in [5.41, 5.74) is 1.65. The third kappa shape index (κ3) is 3.25. The van der Waals surface area contributed by atoms with Gasteiger partial charge in [0.15, 0.2) is 0 Å². The van der Waals surface area contributed by atoms with Crippen molar-refractivity contribution in [2.24, 2.45) is 0 Å². The number of pyridine rings is 1. The molecule has 0 aliphatic carbocycles. The summed E-state index contributed by atoms with van der Waals surface area (Å²) in [5.74, 6) is -1.07. The molecule has 0 radical (unpaired) electrons. The highest BCUT2D eigenvalue weighted by atomic mass is 35.5. The normalized spacial score (nSPS) is 9.80. The Bertz CT molecular complexity index is 695. The largest absolute Gasteiger partial charge is 0.477 e. The zero-order valence-corrected chi connectivity index (χ0v) is 11.1. The summed E-state index contributed by atoms with van der Waals surface area (Å²) in [5, 5.41) is 21.2. The first-order chi connectivity index (χ1) is 9.60. The standard InChI is InChI=1S/C14H10ClN3O2/c15-11-5-4-9(7-16)6-13(11)17-8-10-2-1-3-12(18-10)14(19)20/h1-6,17H,8H2,(H,19,20). The third-order valence-electron chi connectivity index (χ3n) is 2.58. The summed E-state index contributed by atoms with van der Waals surface area (Å²) >= 11 is 6.01. The van der Waals surface area contributed by atoms with E-state index in [2.05, 4.69) is 10.3 Å². The number of aromatic carboxylic acids is 1. The van der Waals surface area contributed by atoms with E-state index in [1.807, 2.05) is 6.07 Å². The summed E-state index contributed by atoms with van der Waals surface area (Å²) in [6, 6.07) is 11.7. The lowest BCUT2D eigenvalue weighted by Gasteiger charge is -2.08. The van der Waals surface area contributed by atoms with Crippen LogP contribution in [0.25, 0.3) is 0 Å². The Morgan fingerprint density at radius 2 is 2.20 bits per heavy atom. The molecule has 0 aliphatic rings. The van der Waals surface area contributed by atoms with E-state index in [0.29, 0.717) is 28.5 Å². The number of carboxylic acids is 1. The molecule has 0 atom stereocenters. The van der Waals surface area contributed by atoms with Crippen LogP contribution >= 0.6 is 11.6 Å². The Labute approximate surface area is 120 Å². The molecule has 0 fully saturated rings. The molecule has 2 N–H and O–H groups in total. The number of nitriles is 1. The van der Waals surface area contributed by atoms with Crippen molar-refractivity contribution < 1.29 is 9.90 Å². The van der Waals surface area contributed by atoms with Gasteiger partial charge in [0.1, 0.15) is 5.69 Å². The molecule has 1 aromatic carbocycles. The van der Waals surface area contributed by atoms with Crippen molar-refractivity contribution in [2.75, 3.05) is 5.32 Å². The average Bonchev–Trinajstić information content (AvgIpc) is 2.46. The van der Waals surface area contributed by atoms with E-state index in [-0.39, 0.29) is 5.69 Å². The lowest BCUT2D eigenvalue weighted by molar-refractivity contribution is 0.0690. The van der Waals surface area contributed by atoms with Crippen LogP contribution in [0.3, 0.4) is 0 Å². The van der Waals surface area contributed by atoms with Crippen molar-refractivity contribution >= 4 is 23.3 Å². The zero-order valence-electron chi connectivity index (χ0n) is 10.3. The predicted molar refractivity (Wildman–Crippen MR) is 74.7 cm³/mol. The first kappa shape index (κ1) is 13.8. The second-order valence-electron chi connectivity index (χ2n) is 3.98. The summed E-state index contributed by atoms with van der Waals surface area (Å²) in [7, 11) is 0. The molecule has 100 valence electrons. The SMILES string of the molecule is N#Cc1ccc(Cl)c(NCc2cccc(C(=O)O)n2)c1. The second kappa shape index (κ2) is 6.04. The van der Waals surface area contributed by atoms with Crippen LogP contribution in [-0.2, 0) is 6.54 Å². The van der Waals surface area contributed by atoms with Crippen molar-refractivity contribution in [1.82, 2.24) is 4.98 Å². The van der Waals surface area contributed by atoms with E-state index in [1.54, 1.807) is 30.3 Å². The lowest BCUT2D eigenvalue weighted by Crippen LogP contribution is -2.06. The third-order valence-corrected chi connectivity index (χ3v) is 2.91. The van der Waals surface area contributed by atoms with Crippen LogP contribution in [0, 0.1) is 11.3 Å². The number of nitrogens with zero attached hydrogens (tertiary/aromatic N) is 2. The van der Waals surface area contributed by atoms with E-state index in [4.69, 9.17) is 22.0 Å². The molecule has 0 amide bonds. The minimum atomic E-state index is -1.07. The van der Waals surface area contributed by atoms with Crippen molar-refractivity contribution in [1.29, 1.82) is 5.26 Å². The van der Waals surface area contributed by atoms with Gasteiger partial charge in [0.2, 0.25) is 0 Å². The number of halogens is 1. The maximum atomic E-state index is 10.8. The number of carbonyl (C=O) groups is 1. The maximum Gasteiger partial charge on any atom is 0.354 e. The van der Waals surface area contributed by atoms with Crippen LogP contribution in [0.15, 0.2) is 36.4 Å². The Morgan fingerprint density at radius 1 is 1.40 bits per heavy atom. The van der Waals surface area contributed by atoms with Crippen LogP contribution in [0.4, 0.5) is 5.69 Å². The highest BCUT2D eigenvalue weighted by Gasteiger charge is 2.06.